The van der Waals surface area contributed by atoms with Gasteiger partial charge in [-0.3, -0.25) is 0 Å². The average molecular weight is 370 g/mol. The largest absolute Gasteiger partial charge is 0.490 e. The van der Waals surface area contributed by atoms with Crippen LogP contribution in [0.5, 0.6) is 5.75 Å². The van der Waals surface area contributed by atoms with Crippen molar-refractivity contribution in [2.24, 2.45) is 0 Å². The van der Waals surface area contributed by atoms with Crippen LogP contribution >= 0.6 is 26.6 Å². The molecule has 1 atom stereocenters. The number of hydrogen-bond donors (Lipinski definition) is 0. The van der Waals surface area contributed by atoms with Gasteiger partial charge in [-0.25, -0.2) is 8.42 Å². The van der Waals surface area contributed by atoms with Gasteiger partial charge in [0.15, 0.2) is 0 Å². The fourth-order valence-corrected chi connectivity index (χ4v) is 3.29. The van der Waals surface area contributed by atoms with Crippen LogP contribution in [-0.2, 0) is 13.8 Å². The zero-order chi connectivity index (χ0) is 13.9. The van der Waals surface area contributed by atoms with E-state index in [1.807, 2.05) is 0 Å². The fourth-order valence-electron chi connectivity index (χ4n) is 1.87. The predicted octanol–water partition coefficient (Wildman–Crippen LogP) is 3.32. The van der Waals surface area contributed by atoms with Crippen LogP contribution in [0.2, 0.25) is 0 Å². The van der Waals surface area contributed by atoms with Crippen molar-refractivity contribution in [2.45, 2.75) is 30.3 Å². The van der Waals surface area contributed by atoms with E-state index >= 15 is 0 Å². The zero-order valence-electron chi connectivity index (χ0n) is 10.1. The Bertz CT molecular complexity index is 541. The molecule has 2 rings (SSSR count). The van der Waals surface area contributed by atoms with Crippen molar-refractivity contribution in [2.75, 3.05) is 13.2 Å². The molecule has 0 saturated carbocycles. The van der Waals surface area contributed by atoms with Crippen LogP contribution in [0.25, 0.3) is 0 Å². The summed E-state index contributed by atoms with van der Waals surface area (Å²) in [4.78, 5) is 0.0438. The van der Waals surface area contributed by atoms with Gasteiger partial charge >= 0.3 is 0 Å². The lowest BCUT2D eigenvalue weighted by Crippen LogP contribution is -2.25. The van der Waals surface area contributed by atoms with Crippen LogP contribution in [0.15, 0.2) is 27.6 Å². The van der Waals surface area contributed by atoms with Gasteiger partial charge in [0.05, 0.1) is 15.5 Å². The second-order valence-corrected chi connectivity index (χ2v) is 7.75. The van der Waals surface area contributed by atoms with Crippen molar-refractivity contribution in [1.29, 1.82) is 0 Å². The van der Waals surface area contributed by atoms with E-state index in [4.69, 9.17) is 20.2 Å². The van der Waals surface area contributed by atoms with E-state index in [1.165, 1.54) is 12.1 Å². The third-order valence-corrected chi connectivity index (χ3v) is 4.85. The third-order valence-electron chi connectivity index (χ3n) is 2.88. The molecule has 0 aliphatic carbocycles. The number of rotatable bonds is 4. The summed E-state index contributed by atoms with van der Waals surface area (Å²) in [6, 6.07) is 4.44. The summed E-state index contributed by atoms with van der Waals surface area (Å²) in [7, 11) is 1.56. The van der Waals surface area contributed by atoms with Crippen molar-refractivity contribution in [3.8, 4) is 5.75 Å². The van der Waals surface area contributed by atoms with Crippen LogP contribution < -0.4 is 4.74 Å². The van der Waals surface area contributed by atoms with Crippen molar-refractivity contribution >= 4 is 35.7 Å². The monoisotopic (exact) mass is 368 g/mol. The first-order valence-electron chi connectivity index (χ1n) is 5.95. The lowest BCUT2D eigenvalue weighted by atomic mass is 10.1. The van der Waals surface area contributed by atoms with Crippen LogP contribution in [0.3, 0.4) is 0 Å². The highest BCUT2D eigenvalue weighted by atomic mass is 79.9. The molecule has 19 heavy (non-hydrogen) atoms. The molecule has 1 heterocycles. The molecular weight excluding hydrogens is 356 g/mol. The minimum Gasteiger partial charge on any atom is -0.490 e. The smallest absolute Gasteiger partial charge is 0.261 e. The summed E-state index contributed by atoms with van der Waals surface area (Å²) in [5.41, 5.74) is 0. The summed E-state index contributed by atoms with van der Waals surface area (Å²) in [5, 5.41) is 0. The lowest BCUT2D eigenvalue weighted by Gasteiger charge is -2.22. The molecule has 1 aromatic carbocycles. The summed E-state index contributed by atoms with van der Waals surface area (Å²) in [6.45, 7) is 1.24. The molecular formula is C12H14BrClO4S. The van der Waals surface area contributed by atoms with Gasteiger partial charge in [-0.2, -0.15) is 0 Å². The maximum absolute atomic E-state index is 11.2. The standard InChI is InChI=1S/C12H14BrClO4S/c13-11-7-10(19(14,15)16)4-5-12(11)18-8-9-3-1-2-6-17-9/h4-5,7,9H,1-3,6,8H2. The van der Waals surface area contributed by atoms with Crippen LogP contribution in [0.4, 0.5) is 0 Å². The van der Waals surface area contributed by atoms with Gasteiger partial charge in [-0.1, -0.05) is 0 Å². The second kappa shape index (κ2) is 6.43. The summed E-state index contributed by atoms with van der Waals surface area (Å²) < 4.78 is 34.1. The van der Waals surface area contributed by atoms with Crippen LogP contribution in [0.1, 0.15) is 19.3 Å². The Labute approximate surface area is 125 Å². The van der Waals surface area contributed by atoms with Crippen molar-refractivity contribution < 1.29 is 17.9 Å². The first-order chi connectivity index (χ1) is 8.97. The Hall–Kier alpha value is -0.300. The molecule has 1 aromatic rings. The fraction of sp³-hybridized carbons (Fsp3) is 0.500. The van der Waals surface area contributed by atoms with Crippen molar-refractivity contribution in [1.82, 2.24) is 0 Å². The second-order valence-electron chi connectivity index (χ2n) is 4.33. The number of hydrogen-bond acceptors (Lipinski definition) is 4. The summed E-state index contributed by atoms with van der Waals surface area (Å²) >= 11 is 3.28. The maximum Gasteiger partial charge on any atom is 0.261 e. The normalized spacial score (nSPS) is 20.2. The van der Waals surface area contributed by atoms with Crippen LogP contribution in [-0.4, -0.2) is 27.7 Å². The van der Waals surface area contributed by atoms with Crippen molar-refractivity contribution in [3.05, 3.63) is 22.7 Å². The maximum atomic E-state index is 11.2. The molecule has 0 N–H and O–H groups in total. The highest BCUT2D eigenvalue weighted by molar-refractivity contribution is 9.10. The predicted molar refractivity (Wildman–Crippen MR) is 76.3 cm³/mol. The van der Waals surface area contributed by atoms with Crippen molar-refractivity contribution in [3.63, 3.8) is 0 Å². The third kappa shape index (κ3) is 4.34. The first-order valence-corrected chi connectivity index (χ1v) is 9.05. The molecule has 0 spiro atoms. The van der Waals surface area contributed by atoms with E-state index in [0.717, 1.165) is 25.9 Å². The van der Waals surface area contributed by atoms with Gasteiger partial charge in [0.1, 0.15) is 12.4 Å². The minimum atomic E-state index is -3.72. The average Bonchev–Trinajstić information content (AvgIpc) is 2.37. The van der Waals surface area contributed by atoms with E-state index in [1.54, 1.807) is 6.07 Å². The Morgan fingerprint density at radius 1 is 1.42 bits per heavy atom. The molecule has 0 bridgehead atoms. The molecule has 0 amide bonds. The lowest BCUT2D eigenvalue weighted by molar-refractivity contribution is -0.0112. The Kier molecular flexibility index (Phi) is 5.11. The Balaban J connectivity index is 2.01. The van der Waals surface area contributed by atoms with E-state index < -0.39 is 9.05 Å². The molecule has 7 heteroatoms. The van der Waals surface area contributed by atoms with Gasteiger partial charge in [-0.05, 0) is 53.4 Å². The van der Waals surface area contributed by atoms with Gasteiger partial charge in [-0.15, -0.1) is 0 Å². The number of benzene rings is 1. The summed E-state index contributed by atoms with van der Waals surface area (Å²) in [6.07, 6.45) is 3.35. The summed E-state index contributed by atoms with van der Waals surface area (Å²) in [5.74, 6) is 0.582. The van der Waals surface area contributed by atoms with Gasteiger partial charge in [0.2, 0.25) is 0 Å². The van der Waals surface area contributed by atoms with Gasteiger partial charge < -0.3 is 9.47 Å². The quantitative estimate of drug-likeness (QED) is 0.764. The molecule has 0 radical (unpaired) electrons. The first kappa shape index (κ1) is 15.1. The van der Waals surface area contributed by atoms with Crippen LogP contribution in [0, 0.1) is 0 Å². The molecule has 1 unspecified atom stereocenters. The van der Waals surface area contributed by atoms with E-state index in [2.05, 4.69) is 15.9 Å². The molecule has 1 aliphatic heterocycles. The topological polar surface area (TPSA) is 52.6 Å². The molecule has 106 valence electrons. The highest BCUT2D eigenvalue weighted by Gasteiger charge is 2.16. The number of ether oxygens (including phenoxy) is 2. The van der Waals surface area contributed by atoms with E-state index in [9.17, 15) is 8.42 Å². The Morgan fingerprint density at radius 2 is 2.21 bits per heavy atom. The molecule has 1 aliphatic rings. The number of halogens is 2. The minimum absolute atomic E-state index is 0.0438. The zero-order valence-corrected chi connectivity index (χ0v) is 13.3. The van der Waals surface area contributed by atoms with Gasteiger partial charge in [0.25, 0.3) is 9.05 Å². The molecule has 1 fully saturated rings. The van der Waals surface area contributed by atoms with E-state index in [-0.39, 0.29) is 11.0 Å². The SMILES string of the molecule is O=S(=O)(Cl)c1ccc(OCC2CCCCO2)c(Br)c1. The van der Waals surface area contributed by atoms with Gasteiger partial charge in [0, 0.05) is 17.3 Å². The molecule has 1 saturated heterocycles. The Morgan fingerprint density at radius 3 is 2.79 bits per heavy atom. The highest BCUT2D eigenvalue weighted by Crippen LogP contribution is 2.29. The molecule has 4 nitrogen and oxygen atoms in total. The molecule has 0 aromatic heterocycles. The van der Waals surface area contributed by atoms with E-state index in [0.29, 0.717) is 16.8 Å².